The molecule has 0 bridgehead atoms. The molecule has 1 fully saturated rings. The molecule has 5 heteroatoms. The molecule has 1 aliphatic carbocycles. The van der Waals surface area contributed by atoms with Crippen LogP contribution in [0.4, 0.5) is 0 Å². The Bertz CT molecular complexity index is 1000. The van der Waals surface area contributed by atoms with E-state index in [9.17, 15) is 14.4 Å². The molecule has 2 aromatic rings. The van der Waals surface area contributed by atoms with Crippen LogP contribution in [0.15, 0.2) is 79.9 Å². The van der Waals surface area contributed by atoms with Crippen LogP contribution in [0, 0.1) is 0 Å². The second-order valence-corrected chi connectivity index (χ2v) is 8.34. The molecule has 2 aromatic carbocycles. The lowest BCUT2D eigenvalue weighted by Gasteiger charge is -2.39. The summed E-state index contributed by atoms with van der Waals surface area (Å²) in [7, 11) is 0. The number of benzene rings is 2. The molecule has 0 spiro atoms. The summed E-state index contributed by atoms with van der Waals surface area (Å²) >= 11 is 0. The first-order valence-corrected chi connectivity index (χ1v) is 11.2. The average Bonchev–Trinajstić information content (AvgIpc) is 3.44. The SMILES string of the molecule is C=CC[C@@H](C(=O)N(C1CCCC1)[C@@H](C=C)c1ccccc1)N1C(=O)c2ccccc2C1=O. The molecule has 0 unspecified atom stereocenters. The van der Waals surface area contributed by atoms with Crippen molar-refractivity contribution in [3.05, 3.63) is 96.6 Å². The molecule has 164 valence electrons. The van der Waals surface area contributed by atoms with Crippen LogP contribution < -0.4 is 0 Å². The third-order valence-electron chi connectivity index (χ3n) is 6.45. The van der Waals surface area contributed by atoms with Gasteiger partial charge in [0.25, 0.3) is 11.8 Å². The van der Waals surface area contributed by atoms with Gasteiger partial charge in [-0.15, -0.1) is 13.2 Å². The molecule has 1 heterocycles. The van der Waals surface area contributed by atoms with Crippen molar-refractivity contribution in [1.82, 2.24) is 9.80 Å². The van der Waals surface area contributed by atoms with Gasteiger partial charge in [-0.3, -0.25) is 19.3 Å². The average molecular weight is 429 g/mol. The van der Waals surface area contributed by atoms with Crippen LogP contribution in [-0.2, 0) is 4.79 Å². The van der Waals surface area contributed by atoms with E-state index in [4.69, 9.17) is 0 Å². The predicted octanol–water partition coefficient (Wildman–Crippen LogP) is 4.93. The molecule has 3 amide bonds. The van der Waals surface area contributed by atoms with Crippen molar-refractivity contribution in [3.8, 4) is 0 Å². The van der Waals surface area contributed by atoms with Gasteiger partial charge in [0.15, 0.2) is 0 Å². The van der Waals surface area contributed by atoms with Gasteiger partial charge in [-0.1, -0.05) is 67.5 Å². The first kappa shape index (κ1) is 21.8. The van der Waals surface area contributed by atoms with Crippen molar-refractivity contribution in [3.63, 3.8) is 0 Å². The maximum atomic E-state index is 14.1. The fourth-order valence-corrected chi connectivity index (χ4v) is 4.92. The van der Waals surface area contributed by atoms with Crippen LogP contribution in [-0.4, -0.2) is 39.6 Å². The highest BCUT2D eigenvalue weighted by Crippen LogP contribution is 2.35. The van der Waals surface area contributed by atoms with E-state index in [-0.39, 0.29) is 24.4 Å². The summed E-state index contributed by atoms with van der Waals surface area (Å²) in [6.07, 6.45) is 7.46. The van der Waals surface area contributed by atoms with Crippen LogP contribution in [0.3, 0.4) is 0 Å². The summed E-state index contributed by atoms with van der Waals surface area (Å²) < 4.78 is 0. The standard InChI is InChI=1S/C27H28N2O3/c1-3-12-24(29-25(30)21-17-10-11-18-22(21)26(29)31)27(32)28(20-15-8-9-16-20)23(4-2)19-13-6-5-7-14-19/h3-7,10-11,13-14,17-18,20,23-24H,1-2,8-9,12,15-16H2/t23-,24-/m0/s1. The van der Waals surface area contributed by atoms with Gasteiger partial charge >= 0.3 is 0 Å². The smallest absolute Gasteiger partial charge is 0.262 e. The predicted molar refractivity (Wildman–Crippen MR) is 124 cm³/mol. The highest BCUT2D eigenvalue weighted by atomic mass is 16.2. The van der Waals surface area contributed by atoms with E-state index in [1.807, 2.05) is 35.2 Å². The minimum atomic E-state index is -0.938. The summed E-state index contributed by atoms with van der Waals surface area (Å²) in [5, 5.41) is 0. The fraction of sp³-hybridized carbons (Fsp3) is 0.296. The number of hydrogen-bond donors (Lipinski definition) is 0. The molecule has 1 saturated carbocycles. The van der Waals surface area contributed by atoms with Crippen molar-refractivity contribution in [2.75, 3.05) is 0 Å². The van der Waals surface area contributed by atoms with Crippen molar-refractivity contribution in [1.29, 1.82) is 0 Å². The van der Waals surface area contributed by atoms with Gasteiger partial charge in [-0.05, 0) is 37.0 Å². The van der Waals surface area contributed by atoms with Gasteiger partial charge in [0, 0.05) is 6.04 Å². The van der Waals surface area contributed by atoms with Gasteiger partial charge in [0.2, 0.25) is 5.91 Å². The zero-order valence-corrected chi connectivity index (χ0v) is 18.2. The third-order valence-corrected chi connectivity index (χ3v) is 6.45. The molecule has 0 saturated heterocycles. The Morgan fingerprint density at radius 1 is 0.969 bits per heavy atom. The first-order valence-electron chi connectivity index (χ1n) is 11.2. The molecule has 2 aliphatic rings. The maximum Gasteiger partial charge on any atom is 0.262 e. The minimum Gasteiger partial charge on any atom is -0.327 e. The molecule has 1 aliphatic heterocycles. The van der Waals surface area contributed by atoms with Gasteiger partial charge in [-0.25, -0.2) is 0 Å². The highest BCUT2D eigenvalue weighted by molar-refractivity contribution is 6.22. The van der Waals surface area contributed by atoms with E-state index >= 15 is 0 Å². The summed E-state index contributed by atoms with van der Waals surface area (Å²) in [6, 6.07) is 15.3. The normalized spacial score (nSPS) is 17.7. The Morgan fingerprint density at radius 3 is 2.06 bits per heavy atom. The first-order chi connectivity index (χ1) is 15.6. The van der Waals surface area contributed by atoms with E-state index in [0.29, 0.717) is 11.1 Å². The molecule has 2 atom stereocenters. The van der Waals surface area contributed by atoms with Gasteiger partial charge in [-0.2, -0.15) is 0 Å². The molecule has 0 aromatic heterocycles. The maximum absolute atomic E-state index is 14.1. The number of carbonyl (C=O) groups is 3. The Hall–Kier alpha value is -3.47. The van der Waals surface area contributed by atoms with Crippen LogP contribution in [0.1, 0.15) is 64.4 Å². The number of fused-ring (bicyclic) bond motifs is 1. The molecule has 4 rings (SSSR count). The summed E-state index contributed by atoms with van der Waals surface area (Å²) in [4.78, 5) is 43.4. The third kappa shape index (κ3) is 3.79. The number of carbonyl (C=O) groups excluding carboxylic acids is 3. The van der Waals surface area contributed by atoms with E-state index in [1.165, 1.54) is 0 Å². The molecular weight excluding hydrogens is 400 g/mol. The second kappa shape index (κ2) is 9.35. The van der Waals surface area contributed by atoms with E-state index in [0.717, 1.165) is 36.1 Å². The zero-order valence-electron chi connectivity index (χ0n) is 18.2. The lowest BCUT2D eigenvalue weighted by atomic mass is 9.99. The quantitative estimate of drug-likeness (QED) is 0.443. The van der Waals surface area contributed by atoms with E-state index in [1.54, 1.807) is 36.4 Å². The molecule has 0 radical (unpaired) electrons. The topological polar surface area (TPSA) is 57.7 Å². The van der Waals surface area contributed by atoms with Gasteiger partial charge in [0.1, 0.15) is 6.04 Å². The molecular formula is C27H28N2O3. The highest BCUT2D eigenvalue weighted by Gasteiger charge is 2.45. The Morgan fingerprint density at radius 2 is 1.53 bits per heavy atom. The number of nitrogens with zero attached hydrogens (tertiary/aromatic N) is 2. The van der Waals surface area contributed by atoms with Crippen molar-refractivity contribution < 1.29 is 14.4 Å². The van der Waals surface area contributed by atoms with Crippen LogP contribution in [0.5, 0.6) is 0 Å². The fourth-order valence-electron chi connectivity index (χ4n) is 4.92. The number of imide groups is 1. The Kier molecular flexibility index (Phi) is 6.35. The largest absolute Gasteiger partial charge is 0.327 e. The summed E-state index contributed by atoms with van der Waals surface area (Å²) in [5.74, 6) is -1.08. The lowest BCUT2D eigenvalue weighted by Crippen LogP contribution is -2.53. The molecule has 5 nitrogen and oxygen atoms in total. The van der Waals surface area contributed by atoms with Gasteiger partial charge in [0.05, 0.1) is 17.2 Å². The zero-order chi connectivity index (χ0) is 22.7. The van der Waals surface area contributed by atoms with Gasteiger partial charge < -0.3 is 4.90 Å². The van der Waals surface area contributed by atoms with Crippen molar-refractivity contribution in [2.45, 2.75) is 50.2 Å². The number of hydrogen-bond acceptors (Lipinski definition) is 3. The van der Waals surface area contributed by atoms with Crippen molar-refractivity contribution >= 4 is 17.7 Å². The van der Waals surface area contributed by atoms with Crippen LogP contribution in [0.25, 0.3) is 0 Å². The van der Waals surface area contributed by atoms with E-state index < -0.39 is 17.9 Å². The van der Waals surface area contributed by atoms with Crippen LogP contribution in [0.2, 0.25) is 0 Å². The summed E-state index contributed by atoms with van der Waals surface area (Å²) in [6.45, 7) is 7.81. The Balaban J connectivity index is 1.74. The number of rotatable bonds is 8. The number of amides is 3. The second-order valence-electron chi connectivity index (χ2n) is 8.34. The van der Waals surface area contributed by atoms with Crippen molar-refractivity contribution in [2.24, 2.45) is 0 Å². The molecule has 0 N–H and O–H groups in total. The van der Waals surface area contributed by atoms with E-state index in [2.05, 4.69) is 13.2 Å². The monoisotopic (exact) mass is 428 g/mol. The minimum absolute atomic E-state index is 0.0354. The molecule has 32 heavy (non-hydrogen) atoms. The van der Waals surface area contributed by atoms with Crippen LogP contribution >= 0.6 is 0 Å². The lowest BCUT2D eigenvalue weighted by molar-refractivity contribution is -0.139. The Labute approximate surface area is 189 Å². The summed E-state index contributed by atoms with van der Waals surface area (Å²) in [5.41, 5.74) is 1.65.